The van der Waals surface area contributed by atoms with Gasteiger partial charge in [-0.1, -0.05) is 41.9 Å². The first-order valence-corrected chi connectivity index (χ1v) is 9.79. The van der Waals surface area contributed by atoms with Gasteiger partial charge in [-0.15, -0.1) is 0 Å². The Morgan fingerprint density at radius 3 is 2.48 bits per heavy atom. The number of carbonyl (C=O) groups excluding carboxylic acids is 1. The van der Waals surface area contributed by atoms with Crippen LogP contribution in [0, 0.1) is 10.1 Å². The zero-order chi connectivity index (χ0) is 21.8. The molecule has 0 aliphatic heterocycles. The minimum Gasteiger partial charge on any atom is -0.342 e. The van der Waals surface area contributed by atoms with E-state index in [0.717, 1.165) is 22.0 Å². The lowest BCUT2D eigenvalue weighted by Crippen LogP contribution is -2.17. The predicted molar refractivity (Wildman–Crippen MR) is 121 cm³/mol. The van der Waals surface area contributed by atoms with Gasteiger partial charge in [0.2, 0.25) is 0 Å². The lowest BCUT2D eigenvalue weighted by Gasteiger charge is -2.05. The highest BCUT2D eigenvalue weighted by atomic mass is 35.5. The van der Waals surface area contributed by atoms with Gasteiger partial charge in [-0.2, -0.15) is 5.10 Å². The molecule has 4 rings (SSSR count). The topological polar surface area (TPSA) is 89.5 Å². The van der Waals surface area contributed by atoms with Crippen LogP contribution in [0.15, 0.2) is 84.1 Å². The molecule has 1 amide bonds. The van der Waals surface area contributed by atoms with Gasteiger partial charge in [-0.25, -0.2) is 5.43 Å². The molecule has 0 aliphatic rings. The van der Waals surface area contributed by atoms with E-state index in [9.17, 15) is 14.9 Å². The third kappa shape index (κ3) is 4.62. The van der Waals surface area contributed by atoms with Crippen molar-refractivity contribution >= 4 is 40.3 Å². The summed E-state index contributed by atoms with van der Waals surface area (Å²) in [5.74, 6) is -0.448. The third-order valence-electron chi connectivity index (χ3n) is 4.80. The summed E-state index contributed by atoms with van der Waals surface area (Å²) in [6, 6.07) is 21.0. The maximum absolute atomic E-state index is 12.2. The molecule has 0 radical (unpaired) electrons. The lowest BCUT2D eigenvalue weighted by molar-refractivity contribution is -0.384. The van der Waals surface area contributed by atoms with E-state index in [1.807, 2.05) is 54.7 Å². The van der Waals surface area contributed by atoms with Crippen molar-refractivity contribution in [2.45, 2.75) is 6.54 Å². The summed E-state index contributed by atoms with van der Waals surface area (Å²) in [6.07, 6.45) is 3.56. The maximum atomic E-state index is 12.2. The van der Waals surface area contributed by atoms with Gasteiger partial charge >= 0.3 is 0 Å². The highest BCUT2D eigenvalue weighted by Crippen LogP contribution is 2.22. The molecule has 0 bridgehead atoms. The van der Waals surface area contributed by atoms with Crippen LogP contribution in [-0.2, 0) is 6.54 Å². The van der Waals surface area contributed by atoms with Crippen LogP contribution in [0.3, 0.4) is 0 Å². The quantitative estimate of drug-likeness (QED) is 0.263. The Labute approximate surface area is 182 Å². The molecule has 31 heavy (non-hydrogen) atoms. The Bertz CT molecular complexity index is 1280. The molecule has 0 fully saturated rings. The molecule has 1 aromatic heterocycles. The number of hydrazone groups is 1. The number of para-hydroxylation sites is 1. The number of halogens is 1. The van der Waals surface area contributed by atoms with Crippen LogP contribution in [0.25, 0.3) is 10.9 Å². The second-order valence-corrected chi connectivity index (χ2v) is 7.30. The summed E-state index contributed by atoms with van der Waals surface area (Å²) in [4.78, 5) is 22.5. The number of hydrogen-bond acceptors (Lipinski definition) is 4. The van der Waals surface area contributed by atoms with Crippen LogP contribution in [-0.4, -0.2) is 21.6 Å². The van der Waals surface area contributed by atoms with Crippen molar-refractivity contribution in [3.05, 3.63) is 111 Å². The first-order valence-electron chi connectivity index (χ1n) is 9.41. The summed E-state index contributed by atoms with van der Waals surface area (Å²) in [5, 5.41) is 16.5. The lowest BCUT2D eigenvalue weighted by atomic mass is 10.2. The smallest absolute Gasteiger partial charge is 0.271 e. The number of nitrogens with zero attached hydrogens (tertiary/aromatic N) is 3. The summed E-state index contributed by atoms with van der Waals surface area (Å²) >= 11 is 5.97. The molecule has 0 aliphatic carbocycles. The van der Waals surface area contributed by atoms with Crippen molar-refractivity contribution in [1.82, 2.24) is 9.99 Å². The van der Waals surface area contributed by atoms with E-state index in [4.69, 9.17) is 11.6 Å². The number of fused-ring (bicyclic) bond motifs is 1. The number of aromatic nitrogens is 1. The zero-order valence-electron chi connectivity index (χ0n) is 16.2. The molecular formula is C23H17ClN4O3. The molecule has 0 unspecified atom stereocenters. The first-order chi connectivity index (χ1) is 15.0. The summed E-state index contributed by atoms with van der Waals surface area (Å²) in [6.45, 7) is 0.667. The van der Waals surface area contributed by atoms with Gasteiger partial charge in [-0.05, 0) is 35.9 Å². The van der Waals surface area contributed by atoms with Gasteiger partial charge in [0.1, 0.15) is 0 Å². The molecule has 1 N–H and O–H groups in total. The molecule has 8 heteroatoms. The number of amides is 1. The summed E-state index contributed by atoms with van der Waals surface area (Å²) < 4.78 is 2.11. The van der Waals surface area contributed by atoms with Crippen molar-refractivity contribution in [1.29, 1.82) is 0 Å². The largest absolute Gasteiger partial charge is 0.342 e. The summed E-state index contributed by atoms with van der Waals surface area (Å²) in [5.41, 5.74) is 5.68. The molecular weight excluding hydrogens is 416 g/mol. The van der Waals surface area contributed by atoms with E-state index < -0.39 is 10.8 Å². The molecule has 1 heterocycles. The Hall–Kier alpha value is -3.97. The fourth-order valence-electron chi connectivity index (χ4n) is 3.25. The van der Waals surface area contributed by atoms with Crippen molar-refractivity contribution in [3.8, 4) is 0 Å². The van der Waals surface area contributed by atoms with Crippen molar-refractivity contribution in [2.75, 3.05) is 0 Å². The molecule has 0 spiro atoms. The highest BCUT2D eigenvalue weighted by Gasteiger charge is 2.10. The number of nitro groups is 1. The molecule has 3 aromatic carbocycles. The highest BCUT2D eigenvalue weighted by molar-refractivity contribution is 6.30. The van der Waals surface area contributed by atoms with E-state index in [1.54, 1.807) is 6.21 Å². The van der Waals surface area contributed by atoms with E-state index >= 15 is 0 Å². The van der Waals surface area contributed by atoms with Crippen LogP contribution >= 0.6 is 11.6 Å². The summed E-state index contributed by atoms with van der Waals surface area (Å²) in [7, 11) is 0. The average molecular weight is 433 g/mol. The van der Waals surface area contributed by atoms with Crippen LogP contribution < -0.4 is 5.43 Å². The zero-order valence-corrected chi connectivity index (χ0v) is 17.0. The number of nitrogens with one attached hydrogen (secondary N) is 1. The van der Waals surface area contributed by atoms with Gasteiger partial charge < -0.3 is 4.57 Å². The van der Waals surface area contributed by atoms with Gasteiger partial charge in [-0.3, -0.25) is 14.9 Å². The monoisotopic (exact) mass is 432 g/mol. The molecule has 0 saturated carbocycles. The fraction of sp³-hybridized carbons (Fsp3) is 0.0435. The standard InChI is InChI=1S/C23H17ClN4O3/c24-19-9-5-16(6-10-19)14-27-15-18(21-3-1-2-4-22(21)27)13-25-26-23(29)17-7-11-20(12-8-17)28(30)31/h1-13,15H,14H2,(H,26,29). The van der Waals surface area contributed by atoms with Crippen molar-refractivity contribution in [2.24, 2.45) is 5.10 Å². The molecule has 4 aromatic rings. The molecule has 0 saturated heterocycles. The van der Waals surface area contributed by atoms with Gasteiger partial charge in [0, 0.05) is 51.9 Å². The van der Waals surface area contributed by atoms with Gasteiger partial charge in [0.15, 0.2) is 0 Å². The number of carbonyl (C=O) groups is 1. The van der Waals surface area contributed by atoms with E-state index in [2.05, 4.69) is 15.1 Å². The average Bonchev–Trinajstić information content (AvgIpc) is 3.13. The minimum atomic E-state index is -0.514. The van der Waals surface area contributed by atoms with Crippen LogP contribution in [0.1, 0.15) is 21.5 Å². The number of rotatable bonds is 6. The van der Waals surface area contributed by atoms with E-state index in [1.165, 1.54) is 24.3 Å². The maximum Gasteiger partial charge on any atom is 0.271 e. The fourth-order valence-corrected chi connectivity index (χ4v) is 3.38. The normalized spacial score (nSPS) is 11.1. The van der Waals surface area contributed by atoms with Crippen LogP contribution in [0.2, 0.25) is 5.02 Å². The number of nitro benzene ring substituents is 1. The van der Waals surface area contributed by atoms with Gasteiger partial charge in [0.05, 0.1) is 11.1 Å². The molecule has 0 atom stereocenters. The van der Waals surface area contributed by atoms with E-state index in [-0.39, 0.29) is 11.3 Å². The first kappa shape index (κ1) is 20.3. The Balaban J connectivity index is 1.52. The second-order valence-electron chi connectivity index (χ2n) is 6.86. The van der Waals surface area contributed by atoms with Gasteiger partial charge in [0.25, 0.3) is 11.6 Å². The Morgan fingerprint density at radius 2 is 1.77 bits per heavy atom. The molecule has 154 valence electrons. The van der Waals surface area contributed by atoms with E-state index in [0.29, 0.717) is 11.6 Å². The second kappa shape index (κ2) is 8.81. The SMILES string of the molecule is O=C(NN=Cc1cn(Cc2ccc(Cl)cc2)c2ccccc12)c1ccc([N+](=O)[O-])cc1. The Morgan fingerprint density at radius 1 is 1.06 bits per heavy atom. The van der Waals surface area contributed by atoms with Crippen LogP contribution in [0.5, 0.6) is 0 Å². The number of non-ortho nitro benzene ring substituents is 1. The predicted octanol–water partition coefficient (Wildman–Crippen LogP) is 5.02. The number of hydrogen-bond donors (Lipinski definition) is 1. The molecule has 7 nitrogen and oxygen atoms in total. The minimum absolute atomic E-state index is 0.0754. The Kier molecular flexibility index (Phi) is 5.77. The third-order valence-corrected chi connectivity index (χ3v) is 5.05. The number of benzene rings is 3. The van der Waals surface area contributed by atoms with Crippen molar-refractivity contribution < 1.29 is 9.72 Å². The van der Waals surface area contributed by atoms with Crippen LogP contribution in [0.4, 0.5) is 5.69 Å². The van der Waals surface area contributed by atoms with Crippen molar-refractivity contribution in [3.63, 3.8) is 0 Å².